The van der Waals surface area contributed by atoms with Gasteiger partial charge in [-0.15, -0.1) is 0 Å². The third-order valence-corrected chi connectivity index (χ3v) is 5.90. The van der Waals surface area contributed by atoms with Crippen molar-refractivity contribution < 1.29 is 19.6 Å². The molecule has 2 aromatic rings. The van der Waals surface area contributed by atoms with Gasteiger partial charge in [0, 0.05) is 23.7 Å². The first-order chi connectivity index (χ1) is 15.4. The molecule has 0 aliphatic heterocycles. The van der Waals surface area contributed by atoms with Crippen molar-refractivity contribution >= 4 is 17.7 Å². The number of benzene rings is 2. The summed E-state index contributed by atoms with van der Waals surface area (Å²) in [5.74, 6) is -0.976. The summed E-state index contributed by atoms with van der Waals surface area (Å²) in [6.45, 7) is 4.05. The fraction of sp³-hybridized carbons (Fsp3) is 0.400. The third kappa shape index (κ3) is 6.17. The number of carbonyl (C=O) groups excluding carboxylic acids is 3. The second-order valence-electron chi connectivity index (χ2n) is 8.52. The van der Waals surface area contributed by atoms with Gasteiger partial charge in [0.25, 0.3) is 11.8 Å². The normalized spacial score (nSPS) is 14.0. The highest BCUT2D eigenvalue weighted by Crippen LogP contribution is 2.18. The van der Waals surface area contributed by atoms with Gasteiger partial charge in [-0.1, -0.05) is 49.1 Å². The van der Waals surface area contributed by atoms with Gasteiger partial charge in [0.1, 0.15) is 6.54 Å². The van der Waals surface area contributed by atoms with Gasteiger partial charge in [-0.3, -0.25) is 19.6 Å². The Hall–Kier alpha value is -3.19. The van der Waals surface area contributed by atoms with Crippen LogP contribution in [-0.4, -0.2) is 40.4 Å². The molecule has 170 valence electrons. The number of amides is 3. The van der Waals surface area contributed by atoms with E-state index in [1.54, 1.807) is 35.8 Å². The number of hydroxylamine groups is 1. The minimum Gasteiger partial charge on any atom is -0.352 e. The SMILES string of the molecule is Cc1ccc(C(=O)N(CC(=O)NC2CCCCC2)Cc2ccc(C(=O)NO)cc2)c(C)c1. The maximum absolute atomic E-state index is 13.4. The minimum atomic E-state index is -0.605. The Kier molecular flexibility index (Phi) is 8.00. The van der Waals surface area contributed by atoms with Gasteiger partial charge >= 0.3 is 0 Å². The van der Waals surface area contributed by atoms with Crippen LogP contribution in [0.15, 0.2) is 42.5 Å². The fourth-order valence-corrected chi connectivity index (χ4v) is 4.16. The van der Waals surface area contributed by atoms with E-state index < -0.39 is 5.91 Å². The first-order valence-corrected chi connectivity index (χ1v) is 11.1. The molecule has 0 saturated heterocycles. The quantitative estimate of drug-likeness (QED) is 0.456. The number of hydrogen-bond donors (Lipinski definition) is 3. The van der Waals surface area contributed by atoms with E-state index in [0.717, 1.165) is 42.4 Å². The highest BCUT2D eigenvalue weighted by atomic mass is 16.5. The summed E-state index contributed by atoms with van der Waals surface area (Å²) in [7, 11) is 0. The van der Waals surface area contributed by atoms with Crippen molar-refractivity contribution in [1.82, 2.24) is 15.7 Å². The van der Waals surface area contributed by atoms with E-state index in [1.165, 1.54) is 11.3 Å². The molecule has 0 unspecified atom stereocenters. The first kappa shape index (κ1) is 23.5. The Morgan fingerprint density at radius 2 is 1.69 bits per heavy atom. The number of nitrogens with one attached hydrogen (secondary N) is 2. The van der Waals surface area contributed by atoms with Crippen molar-refractivity contribution in [2.75, 3.05) is 6.54 Å². The van der Waals surface area contributed by atoms with Gasteiger partial charge in [0.15, 0.2) is 0 Å². The van der Waals surface area contributed by atoms with E-state index in [4.69, 9.17) is 5.21 Å². The zero-order valence-electron chi connectivity index (χ0n) is 18.7. The Balaban J connectivity index is 1.78. The molecule has 1 aliphatic carbocycles. The molecule has 7 nitrogen and oxygen atoms in total. The molecule has 1 aliphatic rings. The zero-order valence-corrected chi connectivity index (χ0v) is 18.7. The molecule has 0 atom stereocenters. The second kappa shape index (κ2) is 10.9. The molecule has 1 fully saturated rings. The molecule has 7 heteroatoms. The summed E-state index contributed by atoms with van der Waals surface area (Å²) >= 11 is 0. The smallest absolute Gasteiger partial charge is 0.274 e. The average Bonchev–Trinajstić information content (AvgIpc) is 2.79. The first-order valence-electron chi connectivity index (χ1n) is 11.1. The maximum Gasteiger partial charge on any atom is 0.274 e. The highest BCUT2D eigenvalue weighted by molar-refractivity contribution is 5.98. The van der Waals surface area contributed by atoms with Crippen molar-refractivity contribution in [3.63, 3.8) is 0 Å². The summed E-state index contributed by atoms with van der Waals surface area (Å²) in [5.41, 5.74) is 5.18. The lowest BCUT2D eigenvalue weighted by molar-refractivity contribution is -0.122. The summed E-state index contributed by atoms with van der Waals surface area (Å²) < 4.78 is 0. The fourth-order valence-electron chi connectivity index (χ4n) is 4.16. The number of hydrogen-bond acceptors (Lipinski definition) is 4. The Labute approximate surface area is 188 Å². The predicted molar refractivity (Wildman–Crippen MR) is 121 cm³/mol. The number of aryl methyl sites for hydroxylation is 2. The average molecular weight is 438 g/mol. The van der Waals surface area contributed by atoms with Crippen molar-refractivity contribution in [1.29, 1.82) is 0 Å². The van der Waals surface area contributed by atoms with E-state index in [0.29, 0.717) is 11.1 Å². The van der Waals surface area contributed by atoms with Crippen LogP contribution in [0.4, 0.5) is 0 Å². The van der Waals surface area contributed by atoms with E-state index in [-0.39, 0.29) is 30.9 Å². The van der Waals surface area contributed by atoms with E-state index in [9.17, 15) is 14.4 Å². The molecule has 2 aromatic carbocycles. The molecular weight excluding hydrogens is 406 g/mol. The number of carbonyl (C=O) groups is 3. The van der Waals surface area contributed by atoms with Crippen LogP contribution >= 0.6 is 0 Å². The lowest BCUT2D eigenvalue weighted by atomic mass is 9.95. The summed E-state index contributed by atoms with van der Waals surface area (Å²) in [6.07, 6.45) is 5.39. The van der Waals surface area contributed by atoms with Crippen LogP contribution in [0.3, 0.4) is 0 Å². The molecule has 0 spiro atoms. The van der Waals surface area contributed by atoms with Crippen molar-refractivity contribution in [3.8, 4) is 0 Å². The lowest BCUT2D eigenvalue weighted by Gasteiger charge is -2.27. The Morgan fingerprint density at radius 3 is 2.31 bits per heavy atom. The van der Waals surface area contributed by atoms with Gasteiger partial charge in [-0.2, -0.15) is 0 Å². The Bertz CT molecular complexity index is 966. The molecule has 32 heavy (non-hydrogen) atoms. The van der Waals surface area contributed by atoms with Gasteiger partial charge in [0.2, 0.25) is 5.91 Å². The summed E-state index contributed by atoms with van der Waals surface area (Å²) in [6, 6.07) is 12.4. The molecule has 3 amide bonds. The van der Waals surface area contributed by atoms with Gasteiger partial charge in [-0.25, -0.2) is 5.48 Å². The highest BCUT2D eigenvalue weighted by Gasteiger charge is 2.23. The second-order valence-corrected chi connectivity index (χ2v) is 8.52. The molecular formula is C25H31N3O4. The van der Waals surface area contributed by atoms with Crippen LogP contribution in [0, 0.1) is 13.8 Å². The van der Waals surface area contributed by atoms with Crippen LogP contribution < -0.4 is 10.8 Å². The summed E-state index contributed by atoms with van der Waals surface area (Å²) in [4.78, 5) is 39.3. The third-order valence-electron chi connectivity index (χ3n) is 5.90. The van der Waals surface area contributed by atoms with Gasteiger partial charge in [0.05, 0.1) is 0 Å². The monoisotopic (exact) mass is 437 g/mol. The molecule has 1 saturated carbocycles. The minimum absolute atomic E-state index is 0.0402. The van der Waals surface area contributed by atoms with Crippen LogP contribution in [0.25, 0.3) is 0 Å². The molecule has 0 aromatic heterocycles. The lowest BCUT2D eigenvalue weighted by Crippen LogP contribution is -2.44. The van der Waals surface area contributed by atoms with Crippen molar-refractivity contribution in [2.24, 2.45) is 0 Å². The van der Waals surface area contributed by atoms with Crippen LogP contribution in [-0.2, 0) is 11.3 Å². The molecule has 0 radical (unpaired) electrons. The van der Waals surface area contributed by atoms with Gasteiger partial charge < -0.3 is 10.2 Å². The van der Waals surface area contributed by atoms with Crippen LogP contribution in [0.2, 0.25) is 0 Å². The summed E-state index contributed by atoms with van der Waals surface area (Å²) in [5, 5.41) is 11.9. The van der Waals surface area contributed by atoms with E-state index in [2.05, 4.69) is 5.32 Å². The molecule has 0 bridgehead atoms. The van der Waals surface area contributed by atoms with E-state index in [1.807, 2.05) is 26.0 Å². The van der Waals surface area contributed by atoms with Crippen molar-refractivity contribution in [3.05, 3.63) is 70.3 Å². The predicted octanol–water partition coefficient (Wildman–Crippen LogP) is 3.51. The van der Waals surface area contributed by atoms with Gasteiger partial charge in [-0.05, 0) is 56.0 Å². The molecule has 3 rings (SSSR count). The largest absolute Gasteiger partial charge is 0.352 e. The molecule has 3 N–H and O–H groups in total. The van der Waals surface area contributed by atoms with Crippen LogP contribution in [0.5, 0.6) is 0 Å². The zero-order chi connectivity index (χ0) is 23.1. The topological polar surface area (TPSA) is 98.7 Å². The number of nitrogens with zero attached hydrogens (tertiary/aromatic N) is 1. The van der Waals surface area contributed by atoms with Crippen molar-refractivity contribution in [2.45, 2.75) is 58.5 Å². The number of rotatable bonds is 7. The van der Waals surface area contributed by atoms with E-state index >= 15 is 0 Å². The standard InChI is InChI=1S/C25H31N3O4/c1-17-8-13-22(18(2)14-17)25(31)28(16-23(29)26-21-6-4-3-5-7-21)15-19-9-11-20(12-10-19)24(30)27-32/h8-14,21,32H,3-7,15-16H2,1-2H3,(H,26,29)(H,27,30). The Morgan fingerprint density at radius 1 is 1.00 bits per heavy atom. The maximum atomic E-state index is 13.4. The molecule has 0 heterocycles. The van der Waals surface area contributed by atoms with Crippen LogP contribution in [0.1, 0.15) is 69.5 Å².